The minimum Gasteiger partial charge on any atom is -0.454 e. The van der Waals surface area contributed by atoms with E-state index in [9.17, 15) is 4.79 Å². The number of halogens is 1. The Morgan fingerprint density at radius 3 is 2.50 bits per heavy atom. The zero-order valence-electron chi connectivity index (χ0n) is 24.1. The van der Waals surface area contributed by atoms with Crippen LogP contribution in [0.1, 0.15) is 11.1 Å². The monoisotopic (exact) mass is 625 g/mol. The van der Waals surface area contributed by atoms with Gasteiger partial charge in [0.1, 0.15) is 17.6 Å². The summed E-state index contributed by atoms with van der Waals surface area (Å²) in [5, 5.41) is 11.4. The largest absolute Gasteiger partial charge is 0.454 e. The Morgan fingerprint density at radius 1 is 0.977 bits per heavy atom. The maximum absolute atomic E-state index is 11.6. The summed E-state index contributed by atoms with van der Waals surface area (Å²) in [4.78, 5) is 20.4. The zero-order chi connectivity index (χ0) is 30.3. The topological polar surface area (TPSA) is 96.3 Å². The molecule has 3 aromatic carbocycles. The van der Waals surface area contributed by atoms with Gasteiger partial charge in [0.15, 0.2) is 11.6 Å². The van der Waals surface area contributed by atoms with Crippen molar-refractivity contribution in [1.29, 1.82) is 0 Å². The molecule has 3 heterocycles. The summed E-state index contributed by atoms with van der Waals surface area (Å²) in [6, 6.07) is 28.3. The Labute approximate surface area is 263 Å². The summed E-state index contributed by atoms with van der Waals surface area (Å²) in [7, 11) is 1.40. The summed E-state index contributed by atoms with van der Waals surface area (Å²) in [5.74, 6) is 2.87. The number of rotatable bonds is 11. The van der Waals surface area contributed by atoms with Gasteiger partial charge >= 0.3 is 6.03 Å². The highest BCUT2D eigenvalue weighted by Gasteiger charge is 2.19. The number of ether oxygens (including phenoxy) is 1. The van der Waals surface area contributed by atoms with Gasteiger partial charge in [-0.3, -0.25) is 0 Å². The zero-order valence-corrected chi connectivity index (χ0v) is 25.7. The van der Waals surface area contributed by atoms with E-state index in [0.717, 1.165) is 34.8 Å². The van der Waals surface area contributed by atoms with Crippen LogP contribution in [0.4, 0.5) is 16.3 Å². The van der Waals surface area contributed by atoms with Gasteiger partial charge in [-0.25, -0.2) is 14.8 Å². The van der Waals surface area contributed by atoms with Crippen molar-refractivity contribution in [3.63, 3.8) is 0 Å². The van der Waals surface area contributed by atoms with E-state index in [1.165, 1.54) is 17.5 Å². The fraction of sp³-hybridized carbons (Fsp3) is 0.152. The number of fused-ring (bicyclic) bond motifs is 1. The minimum absolute atomic E-state index is 0.184. The van der Waals surface area contributed by atoms with Gasteiger partial charge in [0.2, 0.25) is 0 Å². The first kappa shape index (κ1) is 29.3. The number of anilines is 2. The van der Waals surface area contributed by atoms with Crippen LogP contribution in [0.5, 0.6) is 5.75 Å². The van der Waals surface area contributed by atoms with Gasteiger partial charge in [-0.15, -0.1) is 0 Å². The SMILES string of the molecule is CNC(=O)NCCn1ccc2ncnc(Nc3ccc(OC4=CN(Cc5ccccc5)S(Cc5ccccc5)=C4)c(Cl)c3)c21. The number of benzene rings is 3. The Balaban J connectivity index is 1.18. The number of urea groups is 1. The van der Waals surface area contributed by atoms with Crippen LogP contribution in [0.2, 0.25) is 5.02 Å². The summed E-state index contributed by atoms with van der Waals surface area (Å²) < 4.78 is 10.7. The quantitative estimate of drug-likeness (QED) is 0.142. The number of allylic oxidation sites excluding steroid dienone is 1. The van der Waals surface area contributed by atoms with E-state index in [4.69, 9.17) is 16.3 Å². The maximum Gasteiger partial charge on any atom is 0.314 e. The first-order chi connectivity index (χ1) is 21.6. The molecule has 224 valence electrons. The molecule has 1 atom stereocenters. The lowest BCUT2D eigenvalue weighted by atomic mass is 10.2. The molecular formula is C33H32ClN7O2S. The Bertz CT molecular complexity index is 1830. The van der Waals surface area contributed by atoms with E-state index in [1.54, 1.807) is 7.05 Å². The van der Waals surface area contributed by atoms with Gasteiger partial charge in [0, 0.05) is 43.1 Å². The predicted octanol–water partition coefficient (Wildman–Crippen LogP) is 6.68. The van der Waals surface area contributed by atoms with Crippen LogP contribution in [-0.2, 0) is 18.8 Å². The number of amides is 2. The van der Waals surface area contributed by atoms with E-state index in [-0.39, 0.29) is 16.7 Å². The molecule has 5 aromatic rings. The third-order valence-corrected chi connectivity index (χ3v) is 9.27. The van der Waals surface area contributed by atoms with Crippen LogP contribution in [0.25, 0.3) is 11.0 Å². The minimum atomic E-state index is -0.227. The number of aromatic nitrogens is 3. The number of hydrogen-bond acceptors (Lipinski definition) is 6. The average Bonchev–Trinajstić information content (AvgIpc) is 3.63. The number of hydrogen-bond donors (Lipinski definition) is 3. The summed E-state index contributed by atoms with van der Waals surface area (Å²) in [6.45, 7) is 1.80. The van der Waals surface area contributed by atoms with Crippen LogP contribution in [0, 0.1) is 0 Å². The standard InChI is InChI=1S/C33H32ClN7O2S/c1-35-33(42)36-15-17-40-16-14-29-31(40)32(38-23-37-29)39-26-12-13-30(28(34)18-26)43-27-20-41(19-24-8-4-2-5-9-24)44(22-27)21-25-10-6-3-7-11-25/h2-14,16,18,20,22-23H,15,17,19,21H2,1H3,(H2,35,36,42)(H,37,38,39). The second-order valence-electron chi connectivity index (χ2n) is 10.1. The molecule has 11 heteroatoms. The van der Waals surface area contributed by atoms with E-state index in [2.05, 4.69) is 90.3 Å². The third-order valence-electron chi connectivity index (χ3n) is 7.00. The fourth-order valence-electron chi connectivity index (χ4n) is 4.87. The van der Waals surface area contributed by atoms with Crippen molar-refractivity contribution in [3.8, 4) is 5.75 Å². The molecule has 44 heavy (non-hydrogen) atoms. The molecular weight excluding hydrogens is 594 g/mol. The molecule has 1 aliphatic rings. The van der Waals surface area contributed by atoms with Crippen LogP contribution >= 0.6 is 22.3 Å². The molecule has 0 spiro atoms. The van der Waals surface area contributed by atoms with Gasteiger partial charge in [0.05, 0.1) is 23.3 Å². The van der Waals surface area contributed by atoms with Crippen molar-refractivity contribution >= 4 is 56.2 Å². The first-order valence-corrected chi connectivity index (χ1v) is 16.0. The third kappa shape index (κ3) is 7.04. The summed E-state index contributed by atoms with van der Waals surface area (Å²) in [5.41, 5.74) is 4.91. The second-order valence-corrected chi connectivity index (χ2v) is 12.3. The molecule has 2 aromatic heterocycles. The second kappa shape index (κ2) is 13.7. The molecule has 2 amide bonds. The highest BCUT2D eigenvalue weighted by molar-refractivity contribution is 8.12. The molecule has 1 aliphatic heterocycles. The smallest absolute Gasteiger partial charge is 0.314 e. The fourth-order valence-corrected chi connectivity index (χ4v) is 6.94. The van der Waals surface area contributed by atoms with Crippen LogP contribution in [0.3, 0.4) is 0 Å². The molecule has 0 saturated carbocycles. The molecule has 0 saturated heterocycles. The van der Waals surface area contributed by atoms with Gasteiger partial charge < -0.3 is 29.6 Å². The van der Waals surface area contributed by atoms with Crippen molar-refractivity contribution in [2.75, 3.05) is 18.9 Å². The molecule has 0 radical (unpaired) electrons. The Kier molecular flexibility index (Phi) is 9.09. The highest BCUT2D eigenvalue weighted by Crippen LogP contribution is 2.36. The maximum atomic E-state index is 11.6. The average molecular weight is 626 g/mol. The normalized spacial score (nSPS) is 14.2. The van der Waals surface area contributed by atoms with Crippen LogP contribution < -0.4 is 20.7 Å². The van der Waals surface area contributed by atoms with Crippen molar-refractivity contribution in [3.05, 3.63) is 126 Å². The Morgan fingerprint density at radius 2 is 1.75 bits per heavy atom. The highest BCUT2D eigenvalue weighted by atomic mass is 35.5. The summed E-state index contributed by atoms with van der Waals surface area (Å²) >= 11 is 6.75. The van der Waals surface area contributed by atoms with Crippen molar-refractivity contribution in [2.45, 2.75) is 18.8 Å². The van der Waals surface area contributed by atoms with Gasteiger partial charge in [-0.2, -0.15) is 0 Å². The molecule has 0 bridgehead atoms. The molecule has 0 aliphatic carbocycles. The van der Waals surface area contributed by atoms with E-state index in [0.29, 0.717) is 29.7 Å². The van der Waals surface area contributed by atoms with Gasteiger partial charge in [-0.05, 0) is 35.4 Å². The van der Waals surface area contributed by atoms with Crippen molar-refractivity contribution in [1.82, 2.24) is 29.5 Å². The van der Waals surface area contributed by atoms with Crippen LogP contribution in [0.15, 0.2) is 109 Å². The first-order valence-electron chi connectivity index (χ1n) is 14.2. The number of carbonyl (C=O) groups excluding carboxylic acids is 1. The van der Waals surface area contributed by atoms with Gasteiger partial charge in [0.25, 0.3) is 0 Å². The van der Waals surface area contributed by atoms with Crippen molar-refractivity contribution in [2.24, 2.45) is 0 Å². The molecule has 3 N–H and O–H groups in total. The number of nitrogens with zero attached hydrogens (tertiary/aromatic N) is 4. The van der Waals surface area contributed by atoms with E-state index in [1.807, 2.05) is 47.2 Å². The molecule has 6 rings (SSSR count). The van der Waals surface area contributed by atoms with Crippen LogP contribution in [-0.4, -0.2) is 43.8 Å². The van der Waals surface area contributed by atoms with Crippen molar-refractivity contribution < 1.29 is 9.53 Å². The predicted molar refractivity (Wildman–Crippen MR) is 179 cm³/mol. The lowest BCUT2D eigenvalue weighted by Crippen LogP contribution is -2.34. The van der Waals surface area contributed by atoms with Gasteiger partial charge in [-0.1, -0.05) is 82.9 Å². The number of nitrogens with one attached hydrogen (secondary N) is 3. The van der Waals surface area contributed by atoms with E-state index >= 15 is 0 Å². The number of carbonyl (C=O) groups is 1. The summed E-state index contributed by atoms with van der Waals surface area (Å²) in [6.07, 6.45) is 5.53. The van der Waals surface area contributed by atoms with E-state index < -0.39 is 0 Å². The molecule has 0 fully saturated rings. The molecule has 9 nitrogen and oxygen atoms in total. The Hall–Kier alpha value is -4.80. The lowest BCUT2D eigenvalue weighted by Gasteiger charge is -2.21. The lowest BCUT2D eigenvalue weighted by molar-refractivity contribution is 0.242. The molecule has 1 unspecified atom stereocenters.